The first-order valence-electron chi connectivity index (χ1n) is 10.1. The molecule has 24 heavy (non-hydrogen) atoms. The second-order valence-electron chi connectivity index (χ2n) is 6.97. The van der Waals surface area contributed by atoms with Crippen LogP contribution in [-0.4, -0.2) is 74.7 Å². The molecule has 5 nitrogen and oxygen atoms in total. The minimum absolute atomic E-state index is 0.469. The fraction of sp³-hybridized carbons (Fsp3) is 0.947. The van der Waals surface area contributed by atoms with Gasteiger partial charge in [0.2, 0.25) is 0 Å². The van der Waals surface area contributed by atoms with Crippen molar-refractivity contribution in [3.05, 3.63) is 0 Å². The Morgan fingerprint density at radius 2 is 1.83 bits per heavy atom. The zero-order chi connectivity index (χ0) is 17.6. The smallest absolute Gasteiger partial charge is 0.191 e. The van der Waals surface area contributed by atoms with Gasteiger partial charge in [0.1, 0.15) is 0 Å². The molecule has 1 rings (SSSR count). The number of guanidine groups is 1. The lowest BCUT2D eigenvalue weighted by molar-refractivity contribution is 0.292. The van der Waals surface area contributed by atoms with Gasteiger partial charge in [0, 0.05) is 19.6 Å². The van der Waals surface area contributed by atoms with Gasteiger partial charge in [-0.25, -0.2) is 0 Å². The number of likely N-dealkylation sites (tertiary alicyclic amines) is 1. The summed E-state index contributed by atoms with van der Waals surface area (Å²) in [5.41, 5.74) is 0. The molecule has 1 heterocycles. The van der Waals surface area contributed by atoms with Crippen LogP contribution in [0.1, 0.15) is 59.3 Å². The van der Waals surface area contributed by atoms with Crippen LogP contribution in [0.25, 0.3) is 0 Å². The van der Waals surface area contributed by atoms with E-state index in [9.17, 15) is 0 Å². The van der Waals surface area contributed by atoms with E-state index in [1.54, 1.807) is 0 Å². The zero-order valence-electron chi connectivity index (χ0n) is 16.6. The van der Waals surface area contributed by atoms with Crippen LogP contribution in [0.15, 0.2) is 4.99 Å². The van der Waals surface area contributed by atoms with Crippen LogP contribution >= 0.6 is 0 Å². The Bertz CT molecular complexity index is 322. The number of hydrogen-bond donors (Lipinski definition) is 2. The van der Waals surface area contributed by atoms with Crippen molar-refractivity contribution in [2.75, 3.05) is 52.9 Å². The van der Waals surface area contributed by atoms with Gasteiger partial charge in [-0.15, -0.1) is 0 Å². The Morgan fingerprint density at radius 1 is 1.12 bits per heavy atom. The van der Waals surface area contributed by atoms with Gasteiger partial charge in [0.25, 0.3) is 0 Å². The standard InChI is InChI=1S/C19H41N5/c1-5-23(6-2)17-11-12-18(3)22-19(20-4)21-13-7-8-14-24-15-9-10-16-24/h18H,5-17H2,1-4H3,(H2,20,21,22). The third-order valence-corrected chi connectivity index (χ3v) is 5.00. The highest BCUT2D eigenvalue weighted by Crippen LogP contribution is 2.07. The molecule has 0 saturated carbocycles. The molecule has 0 radical (unpaired) electrons. The molecule has 142 valence electrons. The third kappa shape index (κ3) is 9.48. The van der Waals surface area contributed by atoms with Gasteiger partial charge in [-0.05, 0) is 84.7 Å². The van der Waals surface area contributed by atoms with Gasteiger partial charge < -0.3 is 20.4 Å². The van der Waals surface area contributed by atoms with Crippen molar-refractivity contribution in [3.63, 3.8) is 0 Å². The first kappa shape index (κ1) is 21.2. The van der Waals surface area contributed by atoms with Gasteiger partial charge in [0.05, 0.1) is 0 Å². The fourth-order valence-electron chi connectivity index (χ4n) is 3.33. The Hall–Kier alpha value is -0.810. The molecule has 0 amide bonds. The molecule has 1 aliphatic rings. The van der Waals surface area contributed by atoms with Gasteiger partial charge >= 0.3 is 0 Å². The van der Waals surface area contributed by atoms with E-state index in [-0.39, 0.29) is 0 Å². The van der Waals surface area contributed by atoms with Crippen molar-refractivity contribution in [2.45, 2.75) is 65.3 Å². The predicted octanol–water partition coefficient (Wildman–Crippen LogP) is 2.54. The summed E-state index contributed by atoms with van der Waals surface area (Å²) in [6.07, 6.45) is 7.70. The van der Waals surface area contributed by atoms with Gasteiger partial charge in [-0.2, -0.15) is 0 Å². The van der Waals surface area contributed by atoms with Crippen molar-refractivity contribution in [2.24, 2.45) is 4.99 Å². The van der Waals surface area contributed by atoms with E-state index < -0.39 is 0 Å². The van der Waals surface area contributed by atoms with Crippen LogP contribution in [0.4, 0.5) is 0 Å². The predicted molar refractivity (Wildman–Crippen MR) is 106 cm³/mol. The van der Waals surface area contributed by atoms with Crippen molar-refractivity contribution in [3.8, 4) is 0 Å². The van der Waals surface area contributed by atoms with Crippen LogP contribution in [0.2, 0.25) is 0 Å². The Morgan fingerprint density at radius 3 is 2.46 bits per heavy atom. The van der Waals surface area contributed by atoms with Crippen molar-refractivity contribution in [1.29, 1.82) is 0 Å². The quantitative estimate of drug-likeness (QED) is 0.326. The molecule has 1 aliphatic heterocycles. The minimum atomic E-state index is 0.469. The molecular weight excluding hydrogens is 298 g/mol. The number of hydrogen-bond acceptors (Lipinski definition) is 3. The zero-order valence-corrected chi connectivity index (χ0v) is 16.6. The van der Waals surface area contributed by atoms with E-state index in [0.29, 0.717) is 6.04 Å². The Balaban J connectivity index is 2.05. The molecule has 1 atom stereocenters. The minimum Gasteiger partial charge on any atom is -0.356 e. The molecule has 0 spiro atoms. The van der Waals surface area contributed by atoms with Crippen LogP contribution in [0, 0.1) is 0 Å². The Labute approximate surface area is 150 Å². The van der Waals surface area contributed by atoms with E-state index >= 15 is 0 Å². The van der Waals surface area contributed by atoms with Crippen LogP contribution < -0.4 is 10.6 Å². The lowest BCUT2D eigenvalue weighted by Gasteiger charge is -2.21. The highest BCUT2D eigenvalue weighted by Gasteiger charge is 2.10. The molecule has 1 saturated heterocycles. The highest BCUT2D eigenvalue weighted by molar-refractivity contribution is 5.79. The van der Waals surface area contributed by atoms with Gasteiger partial charge in [0.15, 0.2) is 5.96 Å². The number of nitrogens with zero attached hydrogens (tertiary/aromatic N) is 3. The summed E-state index contributed by atoms with van der Waals surface area (Å²) in [6.45, 7) is 15.1. The average Bonchev–Trinajstić information content (AvgIpc) is 3.10. The largest absolute Gasteiger partial charge is 0.356 e. The Kier molecular flexibility index (Phi) is 11.9. The summed E-state index contributed by atoms with van der Waals surface area (Å²) in [5, 5.41) is 6.98. The molecule has 5 heteroatoms. The van der Waals surface area contributed by atoms with Crippen LogP contribution in [0.3, 0.4) is 0 Å². The van der Waals surface area contributed by atoms with Crippen molar-refractivity contribution < 1.29 is 0 Å². The van der Waals surface area contributed by atoms with Crippen LogP contribution in [0.5, 0.6) is 0 Å². The first-order valence-corrected chi connectivity index (χ1v) is 10.1. The molecule has 1 unspecified atom stereocenters. The molecule has 0 aliphatic carbocycles. The van der Waals surface area contributed by atoms with Crippen molar-refractivity contribution in [1.82, 2.24) is 20.4 Å². The number of rotatable bonds is 12. The molecule has 0 aromatic heterocycles. The summed E-state index contributed by atoms with van der Waals surface area (Å²) in [4.78, 5) is 9.43. The molecular formula is C19H41N5. The summed E-state index contributed by atoms with van der Waals surface area (Å²) in [7, 11) is 1.86. The normalized spacial score (nSPS) is 17.5. The monoisotopic (exact) mass is 339 g/mol. The van der Waals surface area contributed by atoms with E-state index in [4.69, 9.17) is 0 Å². The maximum Gasteiger partial charge on any atom is 0.191 e. The fourth-order valence-corrected chi connectivity index (χ4v) is 3.33. The lowest BCUT2D eigenvalue weighted by atomic mass is 10.2. The topological polar surface area (TPSA) is 42.9 Å². The number of aliphatic imine (C=N–C) groups is 1. The molecule has 0 aromatic carbocycles. The lowest BCUT2D eigenvalue weighted by Crippen LogP contribution is -2.42. The third-order valence-electron chi connectivity index (χ3n) is 5.00. The summed E-state index contributed by atoms with van der Waals surface area (Å²) in [6, 6.07) is 0.469. The molecule has 1 fully saturated rings. The SMILES string of the molecule is CCN(CC)CCCC(C)NC(=NC)NCCCCN1CCCC1. The van der Waals surface area contributed by atoms with E-state index in [1.165, 1.54) is 64.7 Å². The van der Waals surface area contributed by atoms with Crippen molar-refractivity contribution >= 4 is 5.96 Å². The van der Waals surface area contributed by atoms with Gasteiger partial charge in [-0.3, -0.25) is 4.99 Å². The van der Waals surface area contributed by atoms with E-state index in [0.717, 1.165) is 25.6 Å². The van der Waals surface area contributed by atoms with E-state index in [1.807, 2.05) is 7.05 Å². The second kappa shape index (κ2) is 13.5. The maximum absolute atomic E-state index is 4.35. The summed E-state index contributed by atoms with van der Waals surface area (Å²) >= 11 is 0. The maximum atomic E-state index is 4.35. The summed E-state index contributed by atoms with van der Waals surface area (Å²) in [5.74, 6) is 0.950. The first-order chi connectivity index (χ1) is 11.7. The molecule has 0 bridgehead atoms. The summed E-state index contributed by atoms with van der Waals surface area (Å²) < 4.78 is 0. The number of nitrogens with one attached hydrogen (secondary N) is 2. The highest BCUT2D eigenvalue weighted by atomic mass is 15.2. The van der Waals surface area contributed by atoms with Crippen LogP contribution in [-0.2, 0) is 0 Å². The van der Waals surface area contributed by atoms with Gasteiger partial charge in [-0.1, -0.05) is 13.8 Å². The average molecular weight is 340 g/mol. The molecule has 0 aromatic rings. The second-order valence-corrected chi connectivity index (χ2v) is 6.97. The number of unbranched alkanes of at least 4 members (excludes halogenated alkanes) is 1. The molecule has 2 N–H and O–H groups in total. The van der Waals surface area contributed by atoms with E-state index in [2.05, 4.69) is 46.2 Å².